The summed E-state index contributed by atoms with van der Waals surface area (Å²) in [6.45, 7) is 12.8. The minimum Gasteiger partial charge on any atom is -0.380 e. The van der Waals surface area contributed by atoms with Gasteiger partial charge >= 0.3 is 0 Å². The molecular weight excluding hydrogens is 440 g/mol. The molecule has 0 aliphatic carbocycles. The monoisotopic (exact) mass is 476 g/mol. The van der Waals surface area contributed by atoms with E-state index in [9.17, 15) is 0 Å². The minimum absolute atomic E-state index is 0.200. The topological polar surface area (TPSA) is 68.5 Å². The van der Waals surface area contributed by atoms with Crippen LogP contribution in [0.15, 0.2) is 24.4 Å². The zero-order valence-electron chi connectivity index (χ0n) is 21.1. The molecule has 3 aliphatic heterocycles. The molecule has 0 N–H and O–H groups in total. The summed E-state index contributed by atoms with van der Waals surface area (Å²) in [5, 5.41) is 5.92. The molecule has 3 fully saturated rings. The zero-order valence-corrected chi connectivity index (χ0v) is 21.1. The molecule has 1 aromatic carbocycles. The summed E-state index contributed by atoms with van der Waals surface area (Å²) in [6, 6.07) is 7.35. The first-order valence-corrected chi connectivity index (χ1v) is 13.1. The summed E-state index contributed by atoms with van der Waals surface area (Å²) in [5.74, 6) is 3.11. The van der Waals surface area contributed by atoms with Crippen molar-refractivity contribution in [3.8, 4) is 5.82 Å². The summed E-state index contributed by atoms with van der Waals surface area (Å²) >= 11 is 0. The number of anilines is 1. The first-order valence-electron chi connectivity index (χ1n) is 13.1. The minimum atomic E-state index is 0.200. The fourth-order valence-electron chi connectivity index (χ4n) is 6.05. The second kappa shape index (κ2) is 9.48. The lowest BCUT2D eigenvalue weighted by Crippen LogP contribution is -2.41. The van der Waals surface area contributed by atoms with Crippen LogP contribution in [0, 0.1) is 13.8 Å². The lowest BCUT2D eigenvalue weighted by molar-refractivity contribution is 0.0529. The molecule has 0 amide bonds. The van der Waals surface area contributed by atoms with Gasteiger partial charge in [-0.25, -0.2) is 14.6 Å². The molecule has 3 saturated heterocycles. The van der Waals surface area contributed by atoms with Gasteiger partial charge in [0.25, 0.3) is 0 Å². The van der Waals surface area contributed by atoms with Gasteiger partial charge in [0.05, 0.1) is 31.0 Å². The standard InChI is InChI=1S/C27H36N6O2/c1-18-12-22-15-28-33(27-14-26(29-20(3)30-27)32-9-11-35-19(2)16-32)25(22)13-24(18)21-4-7-31(8-5-21)23-6-10-34-17-23/h12-15,19,21,23H,4-11,16-17H2,1-3H3/t19-,23?/m1/s1. The molecule has 8 heteroatoms. The Bertz CT molecular complexity index is 1200. The molecule has 186 valence electrons. The Morgan fingerprint density at radius 3 is 2.54 bits per heavy atom. The van der Waals surface area contributed by atoms with Crippen LogP contribution in [0.1, 0.15) is 49.1 Å². The number of ether oxygens (including phenoxy) is 2. The number of hydrogen-bond donors (Lipinski definition) is 0. The number of nitrogens with zero attached hydrogens (tertiary/aromatic N) is 6. The van der Waals surface area contributed by atoms with E-state index in [1.54, 1.807) is 0 Å². The van der Waals surface area contributed by atoms with Crippen LogP contribution in [0.4, 0.5) is 5.82 Å². The molecule has 1 unspecified atom stereocenters. The van der Waals surface area contributed by atoms with Crippen LogP contribution in [0.5, 0.6) is 0 Å². The number of benzene rings is 1. The summed E-state index contributed by atoms with van der Waals surface area (Å²) in [5.41, 5.74) is 3.94. The second-order valence-corrected chi connectivity index (χ2v) is 10.4. The quantitative estimate of drug-likeness (QED) is 0.570. The first-order chi connectivity index (χ1) is 17.0. The fraction of sp³-hybridized carbons (Fsp3) is 0.593. The van der Waals surface area contributed by atoms with Crippen LogP contribution in [0.25, 0.3) is 16.7 Å². The van der Waals surface area contributed by atoms with Gasteiger partial charge in [-0.15, -0.1) is 0 Å². The van der Waals surface area contributed by atoms with E-state index >= 15 is 0 Å². The van der Waals surface area contributed by atoms with E-state index < -0.39 is 0 Å². The normalized spacial score (nSPS) is 24.5. The molecule has 0 radical (unpaired) electrons. The van der Waals surface area contributed by atoms with Crippen molar-refractivity contribution in [2.24, 2.45) is 0 Å². The number of fused-ring (bicyclic) bond motifs is 1. The van der Waals surface area contributed by atoms with Crippen LogP contribution in [-0.4, -0.2) is 82.8 Å². The SMILES string of the molecule is Cc1nc(N2CCO[C@H](C)C2)cc(-n2ncc3cc(C)c(C4CCN(C5CCOC5)CC4)cc32)n1. The Kier molecular flexibility index (Phi) is 6.20. The Morgan fingerprint density at radius 1 is 0.943 bits per heavy atom. The van der Waals surface area contributed by atoms with Crippen molar-refractivity contribution in [2.45, 2.75) is 58.1 Å². The first kappa shape index (κ1) is 22.9. The maximum absolute atomic E-state index is 5.73. The van der Waals surface area contributed by atoms with Crippen LogP contribution in [-0.2, 0) is 9.47 Å². The summed E-state index contributed by atoms with van der Waals surface area (Å²) in [6.07, 6.45) is 5.74. The van der Waals surface area contributed by atoms with Crippen molar-refractivity contribution in [2.75, 3.05) is 50.9 Å². The number of aromatic nitrogens is 4. The van der Waals surface area contributed by atoms with E-state index in [4.69, 9.17) is 24.5 Å². The van der Waals surface area contributed by atoms with Gasteiger partial charge in [0, 0.05) is 37.2 Å². The van der Waals surface area contributed by atoms with Crippen molar-refractivity contribution < 1.29 is 9.47 Å². The van der Waals surface area contributed by atoms with Crippen molar-refractivity contribution in [3.63, 3.8) is 0 Å². The molecule has 2 aromatic heterocycles. The smallest absolute Gasteiger partial charge is 0.159 e. The third-order valence-corrected chi connectivity index (χ3v) is 7.94. The highest BCUT2D eigenvalue weighted by Crippen LogP contribution is 2.34. The molecule has 8 nitrogen and oxygen atoms in total. The molecule has 0 saturated carbocycles. The van der Waals surface area contributed by atoms with Crippen LogP contribution in [0.2, 0.25) is 0 Å². The molecule has 35 heavy (non-hydrogen) atoms. The van der Waals surface area contributed by atoms with Crippen molar-refractivity contribution in [3.05, 3.63) is 41.3 Å². The largest absolute Gasteiger partial charge is 0.380 e. The second-order valence-electron chi connectivity index (χ2n) is 10.4. The van der Waals surface area contributed by atoms with Gasteiger partial charge in [-0.3, -0.25) is 4.90 Å². The molecule has 2 atom stereocenters. The maximum Gasteiger partial charge on any atom is 0.159 e. The number of aryl methyl sites for hydroxylation is 2. The third kappa shape index (κ3) is 4.55. The molecular formula is C27H36N6O2. The number of morpholine rings is 1. The van der Waals surface area contributed by atoms with Crippen LogP contribution < -0.4 is 4.90 Å². The van der Waals surface area contributed by atoms with Gasteiger partial charge in [-0.05, 0) is 82.3 Å². The molecule has 6 rings (SSSR count). The summed E-state index contributed by atoms with van der Waals surface area (Å²) in [7, 11) is 0. The van der Waals surface area contributed by atoms with E-state index in [2.05, 4.69) is 41.8 Å². The lowest BCUT2D eigenvalue weighted by Gasteiger charge is -2.36. The van der Waals surface area contributed by atoms with E-state index in [1.807, 2.05) is 17.8 Å². The highest BCUT2D eigenvalue weighted by atomic mass is 16.5. The average Bonchev–Trinajstić information content (AvgIpc) is 3.54. The predicted molar refractivity (Wildman–Crippen MR) is 137 cm³/mol. The number of rotatable bonds is 4. The highest BCUT2D eigenvalue weighted by molar-refractivity contribution is 5.82. The van der Waals surface area contributed by atoms with Gasteiger partial charge in [0.15, 0.2) is 5.82 Å². The Labute approximate surface area is 207 Å². The van der Waals surface area contributed by atoms with Gasteiger partial charge in [0.2, 0.25) is 0 Å². The van der Waals surface area contributed by atoms with Crippen molar-refractivity contribution in [1.82, 2.24) is 24.6 Å². The van der Waals surface area contributed by atoms with Gasteiger partial charge in [0.1, 0.15) is 11.6 Å². The van der Waals surface area contributed by atoms with Gasteiger partial charge < -0.3 is 14.4 Å². The molecule has 3 aliphatic rings. The van der Waals surface area contributed by atoms with Gasteiger partial charge in [-0.1, -0.05) is 0 Å². The molecule has 0 spiro atoms. The van der Waals surface area contributed by atoms with E-state index in [0.29, 0.717) is 12.0 Å². The average molecular weight is 477 g/mol. The predicted octanol–water partition coefficient (Wildman–Crippen LogP) is 3.63. The third-order valence-electron chi connectivity index (χ3n) is 7.94. The van der Waals surface area contributed by atoms with E-state index in [0.717, 1.165) is 74.4 Å². The van der Waals surface area contributed by atoms with Crippen LogP contribution in [0.3, 0.4) is 0 Å². The Morgan fingerprint density at radius 2 is 1.77 bits per heavy atom. The summed E-state index contributed by atoms with van der Waals surface area (Å²) < 4.78 is 13.3. The fourth-order valence-corrected chi connectivity index (χ4v) is 6.05. The number of likely N-dealkylation sites (tertiary alicyclic amines) is 1. The van der Waals surface area contributed by atoms with Crippen LogP contribution >= 0.6 is 0 Å². The Hall–Kier alpha value is -2.55. The van der Waals surface area contributed by atoms with Crippen molar-refractivity contribution >= 4 is 16.7 Å². The van der Waals surface area contributed by atoms with E-state index in [1.165, 1.54) is 30.4 Å². The number of piperidine rings is 1. The zero-order chi connectivity index (χ0) is 23.9. The maximum atomic E-state index is 5.73. The summed E-state index contributed by atoms with van der Waals surface area (Å²) in [4.78, 5) is 14.4. The molecule has 3 aromatic rings. The lowest BCUT2D eigenvalue weighted by atomic mass is 9.86. The Balaban J connectivity index is 1.29. The van der Waals surface area contributed by atoms with Gasteiger partial charge in [-0.2, -0.15) is 5.10 Å². The van der Waals surface area contributed by atoms with E-state index in [-0.39, 0.29) is 6.10 Å². The highest BCUT2D eigenvalue weighted by Gasteiger charge is 2.29. The number of hydrogen-bond acceptors (Lipinski definition) is 7. The molecule has 5 heterocycles. The molecule has 0 bridgehead atoms. The van der Waals surface area contributed by atoms with Crippen molar-refractivity contribution in [1.29, 1.82) is 0 Å².